The Labute approximate surface area is 163 Å². The van der Waals surface area contributed by atoms with E-state index in [2.05, 4.69) is 10.2 Å². The molecule has 0 aromatic heterocycles. The summed E-state index contributed by atoms with van der Waals surface area (Å²) >= 11 is 0. The van der Waals surface area contributed by atoms with Gasteiger partial charge in [0.15, 0.2) is 0 Å². The van der Waals surface area contributed by atoms with Crippen molar-refractivity contribution in [3.8, 4) is 0 Å². The van der Waals surface area contributed by atoms with Crippen LogP contribution in [0.2, 0.25) is 0 Å². The fraction of sp³-hybridized carbons (Fsp3) is 0.632. The Hall–Kier alpha value is -1.81. The second kappa shape index (κ2) is 7.16. The first-order valence-corrected chi connectivity index (χ1v) is 9.42. The maximum absolute atomic E-state index is 12.9. The number of hydrogen-bond acceptors (Lipinski definition) is 3. The molecule has 1 saturated carbocycles. The summed E-state index contributed by atoms with van der Waals surface area (Å²) < 4.78 is 83.0. The molecular weight excluding hydrogens is 402 g/mol. The van der Waals surface area contributed by atoms with E-state index in [4.69, 9.17) is 4.74 Å². The van der Waals surface area contributed by atoms with Crippen LogP contribution in [0.4, 0.5) is 26.3 Å². The van der Waals surface area contributed by atoms with Gasteiger partial charge in [-0.2, -0.15) is 26.3 Å². The summed E-state index contributed by atoms with van der Waals surface area (Å²) in [4.78, 5) is 14.7. The van der Waals surface area contributed by atoms with Crippen molar-refractivity contribution >= 4 is 5.91 Å². The molecule has 1 aliphatic carbocycles. The van der Waals surface area contributed by atoms with E-state index in [1.165, 1.54) is 0 Å². The van der Waals surface area contributed by atoms with Crippen LogP contribution in [0.5, 0.6) is 0 Å². The minimum Gasteiger partial charge on any atom is -0.381 e. The van der Waals surface area contributed by atoms with E-state index in [0.29, 0.717) is 43.0 Å². The van der Waals surface area contributed by atoms with Gasteiger partial charge >= 0.3 is 12.4 Å². The van der Waals surface area contributed by atoms with Crippen LogP contribution in [0.25, 0.3) is 0 Å². The maximum atomic E-state index is 12.9. The quantitative estimate of drug-likeness (QED) is 0.758. The third-order valence-electron chi connectivity index (χ3n) is 6.03. The van der Waals surface area contributed by atoms with Crippen LogP contribution in [-0.4, -0.2) is 43.2 Å². The van der Waals surface area contributed by atoms with Gasteiger partial charge in [-0.3, -0.25) is 9.69 Å². The van der Waals surface area contributed by atoms with Crippen LogP contribution in [0.3, 0.4) is 0 Å². The van der Waals surface area contributed by atoms with Gasteiger partial charge in [-0.25, -0.2) is 0 Å². The van der Waals surface area contributed by atoms with Crippen LogP contribution >= 0.6 is 0 Å². The average molecular weight is 422 g/mol. The molecule has 2 saturated heterocycles. The van der Waals surface area contributed by atoms with Gasteiger partial charge in [-0.1, -0.05) is 0 Å². The Kier molecular flexibility index (Phi) is 5.05. The van der Waals surface area contributed by atoms with Crippen molar-refractivity contribution in [3.63, 3.8) is 0 Å². The molecule has 1 aromatic rings. The zero-order valence-corrected chi connectivity index (χ0v) is 15.3. The van der Waals surface area contributed by atoms with Gasteiger partial charge in [0.05, 0.1) is 30.3 Å². The zero-order valence-electron chi connectivity index (χ0n) is 15.3. The molecule has 2 aliphatic heterocycles. The summed E-state index contributed by atoms with van der Waals surface area (Å²) in [6, 6.07) is 1.79. The third-order valence-corrected chi connectivity index (χ3v) is 6.03. The normalized spacial score (nSPS) is 29.7. The average Bonchev–Trinajstić information content (AvgIpc) is 3.04. The Balaban J connectivity index is 1.37. The highest BCUT2D eigenvalue weighted by Gasteiger charge is 2.57. The summed E-state index contributed by atoms with van der Waals surface area (Å²) in [5.41, 5.74) is -3.00. The monoisotopic (exact) mass is 422 g/mol. The summed E-state index contributed by atoms with van der Waals surface area (Å²) in [6.07, 6.45) is -9.19. The third kappa shape index (κ3) is 4.23. The lowest BCUT2D eigenvalue weighted by molar-refractivity contribution is -0.143. The molecule has 0 radical (unpaired) electrons. The molecular formula is C19H20F6N2O2. The number of alkyl halides is 6. The first kappa shape index (κ1) is 20.5. The van der Waals surface area contributed by atoms with Crippen LogP contribution in [0, 0.1) is 17.8 Å². The van der Waals surface area contributed by atoms with Crippen molar-refractivity contribution in [2.45, 2.75) is 31.4 Å². The second-order valence-corrected chi connectivity index (χ2v) is 7.97. The second-order valence-electron chi connectivity index (χ2n) is 7.97. The standard InChI is InChI=1S/C19H20F6N2O2/c20-18(21,22)12-3-10(4-13(5-12)19(23,24)25)6-26-17(28)11-1-2-27(7-11)16-14-8-29-9-15(14)16/h3-5,11,14-16H,1-2,6-9H2,(H,26,28). The molecule has 0 bridgehead atoms. The molecule has 4 rings (SSSR count). The number of nitrogens with zero attached hydrogens (tertiary/aromatic N) is 1. The molecule has 10 heteroatoms. The Morgan fingerprint density at radius 1 is 1.03 bits per heavy atom. The number of fused-ring (bicyclic) bond motifs is 1. The van der Waals surface area contributed by atoms with Crippen molar-refractivity contribution in [2.24, 2.45) is 17.8 Å². The summed E-state index contributed by atoms with van der Waals surface area (Å²) in [5.74, 6) is 0.371. The van der Waals surface area contributed by atoms with Gasteiger partial charge in [-0.15, -0.1) is 0 Å². The van der Waals surface area contributed by atoms with Crippen LogP contribution < -0.4 is 5.32 Å². The largest absolute Gasteiger partial charge is 0.416 e. The fourth-order valence-corrected chi connectivity index (χ4v) is 4.48. The molecule has 1 amide bonds. The lowest BCUT2D eigenvalue weighted by atomic mass is 10.0. The molecule has 4 nitrogen and oxygen atoms in total. The predicted octanol–water partition coefficient (Wildman–Crippen LogP) is 3.31. The lowest BCUT2D eigenvalue weighted by Gasteiger charge is -2.18. The van der Waals surface area contributed by atoms with Crippen molar-refractivity contribution in [1.29, 1.82) is 0 Å². The van der Waals surface area contributed by atoms with Crippen molar-refractivity contribution < 1.29 is 35.9 Å². The SMILES string of the molecule is O=C(NCc1cc(C(F)(F)F)cc(C(F)(F)F)c1)C1CCN(C2C3COCC32)C1. The smallest absolute Gasteiger partial charge is 0.381 e. The van der Waals surface area contributed by atoms with E-state index in [9.17, 15) is 31.1 Å². The van der Waals surface area contributed by atoms with Crippen molar-refractivity contribution in [3.05, 3.63) is 34.9 Å². The molecule has 2 heterocycles. The van der Waals surface area contributed by atoms with Gasteiger partial charge in [0.1, 0.15) is 0 Å². The van der Waals surface area contributed by atoms with Gasteiger partial charge in [0, 0.05) is 31.0 Å². The number of nitrogens with one attached hydrogen (secondary N) is 1. The van der Waals surface area contributed by atoms with E-state index < -0.39 is 23.5 Å². The van der Waals surface area contributed by atoms with E-state index in [0.717, 1.165) is 19.8 Å². The molecule has 3 atom stereocenters. The van der Waals surface area contributed by atoms with E-state index in [-0.39, 0.29) is 30.0 Å². The molecule has 0 spiro atoms. The molecule has 1 aromatic carbocycles. The number of amides is 1. The molecule has 3 aliphatic rings. The number of carbonyl (C=O) groups is 1. The highest BCUT2D eigenvalue weighted by molar-refractivity contribution is 5.79. The topological polar surface area (TPSA) is 41.6 Å². The number of benzene rings is 1. The predicted molar refractivity (Wildman–Crippen MR) is 89.6 cm³/mol. The van der Waals surface area contributed by atoms with Crippen molar-refractivity contribution in [1.82, 2.24) is 10.2 Å². The Morgan fingerprint density at radius 3 is 2.17 bits per heavy atom. The number of likely N-dealkylation sites (tertiary alicyclic amines) is 1. The van der Waals surface area contributed by atoms with Crippen LogP contribution in [0.1, 0.15) is 23.1 Å². The van der Waals surface area contributed by atoms with Crippen molar-refractivity contribution in [2.75, 3.05) is 26.3 Å². The minimum atomic E-state index is -4.90. The fourth-order valence-electron chi connectivity index (χ4n) is 4.48. The lowest BCUT2D eigenvalue weighted by Crippen LogP contribution is -2.34. The summed E-state index contributed by atoms with van der Waals surface area (Å²) in [5, 5.41) is 2.50. The highest BCUT2D eigenvalue weighted by Crippen LogP contribution is 2.49. The van der Waals surface area contributed by atoms with Gasteiger partial charge in [0.2, 0.25) is 5.91 Å². The Morgan fingerprint density at radius 2 is 1.62 bits per heavy atom. The van der Waals surface area contributed by atoms with Crippen LogP contribution in [0.15, 0.2) is 18.2 Å². The minimum absolute atomic E-state index is 0.0798. The highest BCUT2D eigenvalue weighted by atomic mass is 19.4. The molecule has 3 fully saturated rings. The van der Waals surface area contributed by atoms with E-state index in [1.54, 1.807) is 0 Å². The number of halogens is 6. The Bertz CT molecular complexity index is 752. The molecule has 3 unspecified atom stereocenters. The number of ether oxygens (including phenoxy) is 1. The number of carbonyl (C=O) groups excluding carboxylic acids is 1. The number of rotatable bonds is 4. The molecule has 160 valence electrons. The van der Waals surface area contributed by atoms with Gasteiger partial charge in [0.25, 0.3) is 0 Å². The van der Waals surface area contributed by atoms with E-state index in [1.807, 2.05) is 0 Å². The van der Waals surface area contributed by atoms with Gasteiger partial charge in [-0.05, 0) is 36.7 Å². The summed E-state index contributed by atoms with van der Waals surface area (Å²) in [6.45, 7) is 2.40. The zero-order chi connectivity index (χ0) is 21.0. The van der Waals surface area contributed by atoms with E-state index >= 15 is 0 Å². The number of hydrogen-bond donors (Lipinski definition) is 1. The first-order valence-electron chi connectivity index (χ1n) is 9.42. The maximum Gasteiger partial charge on any atom is 0.416 e. The molecule has 29 heavy (non-hydrogen) atoms. The van der Waals surface area contributed by atoms with Crippen LogP contribution in [-0.2, 0) is 28.4 Å². The van der Waals surface area contributed by atoms with Gasteiger partial charge < -0.3 is 10.1 Å². The molecule has 1 N–H and O–H groups in total. The first-order chi connectivity index (χ1) is 13.5. The summed E-state index contributed by atoms with van der Waals surface area (Å²) in [7, 11) is 0.